The summed E-state index contributed by atoms with van der Waals surface area (Å²) in [6.07, 6.45) is 0.137. The summed E-state index contributed by atoms with van der Waals surface area (Å²) in [5.74, 6) is -0.385. The molecule has 1 rings (SSSR count). The Morgan fingerprint density at radius 1 is 1.44 bits per heavy atom. The van der Waals surface area contributed by atoms with Crippen LogP contribution in [-0.4, -0.2) is 23.6 Å². The van der Waals surface area contributed by atoms with Gasteiger partial charge in [-0.15, -0.1) is 0 Å². The van der Waals surface area contributed by atoms with Crippen LogP contribution in [-0.2, 0) is 16.5 Å². The van der Waals surface area contributed by atoms with Gasteiger partial charge >= 0.3 is 0 Å². The Morgan fingerprint density at radius 3 is 2.50 bits per heavy atom. The van der Waals surface area contributed by atoms with Crippen molar-refractivity contribution in [2.24, 2.45) is 0 Å². The van der Waals surface area contributed by atoms with E-state index in [-0.39, 0.29) is 17.9 Å². The maximum atomic E-state index is 10.5. The fourth-order valence-electron chi connectivity index (χ4n) is 1.32. The highest BCUT2D eigenvalue weighted by atomic mass is 32.2. The van der Waals surface area contributed by atoms with E-state index >= 15 is 0 Å². The van der Waals surface area contributed by atoms with E-state index in [1.54, 1.807) is 13.0 Å². The van der Waals surface area contributed by atoms with Crippen LogP contribution >= 0.6 is 0 Å². The second-order valence-electron chi connectivity index (χ2n) is 3.41. The Bertz CT molecular complexity index is 509. The molecular formula is C9H11NO5S. The van der Waals surface area contributed by atoms with Crippen LogP contribution in [0.25, 0.3) is 0 Å². The zero-order chi connectivity index (χ0) is 12.3. The summed E-state index contributed by atoms with van der Waals surface area (Å²) in [6.45, 7) is 1.58. The first-order valence-electron chi connectivity index (χ1n) is 4.48. The lowest BCUT2D eigenvalue weighted by atomic mass is 10.1. The molecule has 0 unspecified atom stereocenters. The van der Waals surface area contributed by atoms with Gasteiger partial charge in [0.05, 0.1) is 10.7 Å². The van der Waals surface area contributed by atoms with Gasteiger partial charge in [0, 0.05) is 11.6 Å². The molecule has 0 saturated carbocycles. The summed E-state index contributed by atoms with van der Waals surface area (Å²) in [4.78, 5) is 10.0. The first-order chi connectivity index (χ1) is 7.29. The minimum Gasteiger partial charge on any atom is -0.286 e. The lowest BCUT2D eigenvalue weighted by molar-refractivity contribution is -0.385. The molecule has 0 spiro atoms. The molecule has 1 aromatic carbocycles. The summed E-state index contributed by atoms with van der Waals surface area (Å²) in [7, 11) is -4.00. The molecule has 0 radical (unpaired) electrons. The fourth-order valence-corrected chi connectivity index (χ4v) is 1.82. The number of aryl methyl sites for hydroxylation is 2. The third kappa shape index (κ3) is 3.59. The van der Waals surface area contributed by atoms with Crippen molar-refractivity contribution in [3.8, 4) is 0 Å². The molecule has 0 aromatic heterocycles. The highest BCUT2D eigenvalue weighted by Gasteiger charge is 2.11. The van der Waals surface area contributed by atoms with E-state index in [9.17, 15) is 18.5 Å². The summed E-state index contributed by atoms with van der Waals surface area (Å²) in [5.41, 5.74) is 1.11. The van der Waals surface area contributed by atoms with Gasteiger partial charge in [-0.25, -0.2) is 0 Å². The average molecular weight is 245 g/mol. The standard InChI is InChI=1S/C9H11NO5S/c1-7-6-8(4-5-16(13,14)15)2-3-9(7)10(11)12/h2-3,6H,4-5H2,1H3,(H,13,14,15). The minimum atomic E-state index is -4.00. The van der Waals surface area contributed by atoms with Crippen molar-refractivity contribution in [2.75, 3.05) is 5.75 Å². The molecule has 0 aliphatic rings. The number of benzene rings is 1. The van der Waals surface area contributed by atoms with Crippen molar-refractivity contribution in [3.05, 3.63) is 39.4 Å². The Kier molecular flexibility index (Phi) is 3.61. The van der Waals surface area contributed by atoms with Gasteiger partial charge < -0.3 is 0 Å². The van der Waals surface area contributed by atoms with E-state index in [0.29, 0.717) is 11.1 Å². The van der Waals surface area contributed by atoms with Gasteiger partial charge in [-0.05, 0) is 25.0 Å². The number of nitro benzene ring substituents is 1. The summed E-state index contributed by atoms with van der Waals surface area (Å²) in [6, 6.07) is 4.36. The van der Waals surface area contributed by atoms with Crippen LogP contribution in [0.15, 0.2) is 18.2 Å². The maximum absolute atomic E-state index is 10.5. The lowest BCUT2D eigenvalue weighted by Crippen LogP contribution is -2.06. The molecule has 6 nitrogen and oxygen atoms in total. The third-order valence-corrected chi connectivity index (χ3v) is 2.83. The van der Waals surface area contributed by atoms with E-state index in [2.05, 4.69) is 0 Å². The predicted molar refractivity (Wildman–Crippen MR) is 58.0 cm³/mol. The quantitative estimate of drug-likeness (QED) is 0.490. The van der Waals surface area contributed by atoms with Crippen molar-refractivity contribution >= 4 is 15.8 Å². The molecule has 0 saturated heterocycles. The molecule has 1 aromatic rings. The Morgan fingerprint density at radius 2 is 2.06 bits per heavy atom. The number of hydrogen-bond acceptors (Lipinski definition) is 4. The first-order valence-corrected chi connectivity index (χ1v) is 6.09. The topological polar surface area (TPSA) is 97.5 Å². The van der Waals surface area contributed by atoms with Crippen molar-refractivity contribution in [1.29, 1.82) is 0 Å². The van der Waals surface area contributed by atoms with Gasteiger partial charge in [0.15, 0.2) is 0 Å². The Balaban J connectivity index is 2.86. The van der Waals surface area contributed by atoms with Crippen LogP contribution in [0.2, 0.25) is 0 Å². The molecule has 0 aliphatic carbocycles. The monoisotopic (exact) mass is 245 g/mol. The number of rotatable bonds is 4. The predicted octanol–water partition coefficient (Wildman–Crippen LogP) is 1.33. The first kappa shape index (κ1) is 12.6. The summed E-state index contributed by atoms with van der Waals surface area (Å²) < 4.78 is 29.6. The molecule has 1 N–H and O–H groups in total. The molecule has 0 amide bonds. The van der Waals surface area contributed by atoms with Crippen LogP contribution in [0.3, 0.4) is 0 Å². The van der Waals surface area contributed by atoms with Crippen LogP contribution in [0, 0.1) is 17.0 Å². The second-order valence-corrected chi connectivity index (χ2v) is 4.99. The molecule has 0 bridgehead atoms. The van der Waals surface area contributed by atoms with Gasteiger partial charge in [0.2, 0.25) is 0 Å². The lowest BCUT2D eigenvalue weighted by Gasteiger charge is -2.02. The zero-order valence-electron chi connectivity index (χ0n) is 8.58. The zero-order valence-corrected chi connectivity index (χ0v) is 9.40. The highest BCUT2D eigenvalue weighted by Crippen LogP contribution is 2.19. The molecule has 0 aliphatic heterocycles. The van der Waals surface area contributed by atoms with E-state index in [4.69, 9.17) is 4.55 Å². The van der Waals surface area contributed by atoms with Crippen LogP contribution in [0.1, 0.15) is 11.1 Å². The second kappa shape index (κ2) is 4.58. The molecular weight excluding hydrogens is 234 g/mol. The van der Waals surface area contributed by atoms with Crippen molar-refractivity contribution in [1.82, 2.24) is 0 Å². The maximum Gasteiger partial charge on any atom is 0.272 e. The van der Waals surface area contributed by atoms with Gasteiger partial charge in [-0.3, -0.25) is 14.7 Å². The smallest absolute Gasteiger partial charge is 0.272 e. The van der Waals surface area contributed by atoms with Gasteiger partial charge in [0.1, 0.15) is 0 Å². The Labute approximate surface area is 92.8 Å². The van der Waals surface area contributed by atoms with E-state index < -0.39 is 15.0 Å². The summed E-state index contributed by atoms with van der Waals surface area (Å²) >= 11 is 0. The SMILES string of the molecule is Cc1cc(CCS(=O)(=O)O)ccc1[N+](=O)[O-]. The highest BCUT2D eigenvalue weighted by molar-refractivity contribution is 7.85. The largest absolute Gasteiger partial charge is 0.286 e. The molecule has 16 heavy (non-hydrogen) atoms. The number of nitrogens with zero attached hydrogens (tertiary/aromatic N) is 1. The van der Waals surface area contributed by atoms with Crippen LogP contribution in [0.4, 0.5) is 5.69 Å². The minimum absolute atomic E-state index is 0.00407. The Hall–Kier alpha value is -1.47. The average Bonchev–Trinajstić information content (AvgIpc) is 2.13. The molecule has 0 heterocycles. The van der Waals surface area contributed by atoms with Gasteiger partial charge in [-0.1, -0.05) is 6.07 Å². The van der Waals surface area contributed by atoms with Crippen LogP contribution in [0.5, 0.6) is 0 Å². The van der Waals surface area contributed by atoms with Crippen molar-refractivity contribution < 1.29 is 17.9 Å². The summed E-state index contributed by atoms with van der Waals surface area (Å²) in [5, 5.41) is 10.5. The molecule has 7 heteroatoms. The van der Waals surface area contributed by atoms with E-state index in [1.165, 1.54) is 12.1 Å². The third-order valence-electron chi connectivity index (χ3n) is 2.11. The van der Waals surface area contributed by atoms with Crippen LogP contribution < -0.4 is 0 Å². The fraction of sp³-hybridized carbons (Fsp3) is 0.333. The van der Waals surface area contributed by atoms with E-state index in [1.807, 2.05) is 0 Å². The van der Waals surface area contributed by atoms with Crippen molar-refractivity contribution in [2.45, 2.75) is 13.3 Å². The number of hydrogen-bond donors (Lipinski definition) is 1. The van der Waals surface area contributed by atoms with Gasteiger partial charge in [-0.2, -0.15) is 8.42 Å². The van der Waals surface area contributed by atoms with E-state index in [0.717, 1.165) is 0 Å². The molecule has 0 atom stereocenters. The normalized spacial score (nSPS) is 11.4. The van der Waals surface area contributed by atoms with Gasteiger partial charge in [0.25, 0.3) is 15.8 Å². The number of nitro groups is 1. The molecule has 0 fully saturated rings. The van der Waals surface area contributed by atoms with Crippen molar-refractivity contribution in [3.63, 3.8) is 0 Å². The molecule has 88 valence electrons.